The molecule has 6 heteroatoms. The molecule has 2 aromatic carbocycles. The van der Waals surface area contributed by atoms with E-state index in [-0.39, 0.29) is 11.8 Å². The molecule has 0 fully saturated rings. The van der Waals surface area contributed by atoms with E-state index < -0.39 is 6.04 Å². The summed E-state index contributed by atoms with van der Waals surface area (Å²) in [7, 11) is 1.50. The van der Waals surface area contributed by atoms with Crippen molar-refractivity contribution >= 4 is 29.3 Å². The van der Waals surface area contributed by atoms with E-state index in [0.29, 0.717) is 29.0 Å². The fourth-order valence-corrected chi connectivity index (χ4v) is 2.96. The van der Waals surface area contributed by atoms with Crippen LogP contribution in [0.5, 0.6) is 5.75 Å². The second-order valence-corrected chi connectivity index (χ2v) is 6.71. The maximum Gasteiger partial charge on any atom is 0.255 e. The van der Waals surface area contributed by atoms with Gasteiger partial charge in [0.1, 0.15) is 11.8 Å². The van der Waals surface area contributed by atoms with Crippen LogP contribution in [0.3, 0.4) is 0 Å². The summed E-state index contributed by atoms with van der Waals surface area (Å²) in [4.78, 5) is 25.4. The van der Waals surface area contributed by atoms with Gasteiger partial charge < -0.3 is 15.4 Å². The zero-order chi connectivity index (χ0) is 19.6. The van der Waals surface area contributed by atoms with Gasteiger partial charge in [0.15, 0.2) is 0 Å². The first kappa shape index (κ1) is 20.4. The highest BCUT2D eigenvalue weighted by molar-refractivity contribution is 7.98. The van der Waals surface area contributed by atoms with Crippen molar-refractivity contribution < 1.29 is 14.3 Å². The SMILES string of the molecule is C#Cc1cccc(NC(=O)C(CCSC)NC(=O)c2ccccc2OC)c1. The van der Waals surface area contributed by atoms with Gasteiger partial charge in [0.2, 0.25) is 5.91 Å². The van der Waals surface area contributed by atoms with Crippen molar-refractivity contribution in [2.75, 3.05) is 24.4 Å². The molecule has 0 aliphatic heterocycles. The van der Waals surface area contributed by atoms with E-state index in [9.17, 15) is 9.59 Å². The van der Waals surface area contributed by atoms with E-state index in [0.717, 1.165) is 5.75 Å². The molecule has 0 aliphatic carbocycles. The van der Waals surface area contributed by atoms with Crippen molar-refractivity contribution in [1.82, 2.24) is 5.32 Å². The fourth-order valence-electron chi connectivity index (χ4n) is 2.49. The van der Waals surface area contributed by atoms with Crippen LogP contribution in [0.15, 0.2) is 48.5 Å². The third-order valence-corrected chi connectivity index (χ3v) is 4.52. The van der Waals surface area contributed by atoms with Gasteiger partial charge in [-0.15, -0.1) is 6.42 Å². The summed E-state index contributed by atoms with van der Waals surface area (Å²) in [6, 6.07) is 13.2. The molecule has 0 aliphatic rings. The Bertz CT molecular complexity index is 845. The molecule has 2 N–H and O–H groups in total. The van der Waals surface area contributed by atoms with E-state index in [1.165, 1.54) is 7.11 Å². The summed E-state index contributed by atoms with van der Waals surface area (Å²) in [5.74, 6) is 3.08. The maximum absolute atomic E-state index is 12.7. The van der Waals surface area contributed by atoms with Crippen LogP contribution in [0, 0.1) is 12.3 Å². The van der Waals surface area contributed by atoms with Crippen molar-refractivity contribution in [3.8, 4) is 18.1 Å². The van der Waals surface area contributed by atoms with E-state index in [4.69, 9.17) is 11.2 Å². The number of rotatable bonds is 8. The van der Waals surface area contributed by atoms with Crippen LogP contribution >= 0.6 is 11.8 Å². The Balaban J connectivity index is 2.14. The number of carbonyl (C=O) groups excluding carboxylic acids is 2. The fraction of sp³-hybridized carbons (Fsp3) is 0.238. The topological polar surface area (TPSA) is 67.4 Å². The molecule has 2 aromatic rings. The normalized spacial score (nSPS) is 11.1. The molecule has 0 saturated heterocycles. The second-order valence-electron chi connectivity index (χ2n) is 5.72. The Morgan fingerprint density at radius 3 is 2.70 bits per heavy atom. The summed E-state index contributed by atoms with van der Waals surface area (Å²) < 4.78 is 5.23. The van der Waals surface area contributed by atoms with Crippen molar-refractivity contribution in [3.05, 3.63) is 59.7 Å². The first-order chi connectivity index (χ1) is 13.1. The van der Waals surface area contributed by atoms with Gasteiger partial charge in [-0.2, -0.15) is 11.8 Å². The van der Waals surface area contributed by atoms with Crippen molar-refractivity contribution in [2.45, 2.75) is 12.5 Å². The lowest BCUT2D eigenvalue weighted by Gasteiger charge is -2.19. The van der Waals surface area contributed by atoms with Crippen LogP contribution in [-0.2, 0) is 4.79 Å². The molecular weight excluding hydrogens is 360 g/mol. The standard InChI is InChI=1S/C21H22N2O3S/c1-4-15-8-7-9-16(14-15)22-21(25)18(12-13-27-3)23-20(24)17-10-5-6-11-19(17)26-2/h1,5-11,14,18H,12-13H2,2-3H3,(H,22,25)(H,23,24). The van der Waals surface area contributed by atoms with Crippen LogP contribution in [0.1, 0.15) is 22.3 Å². The highest BCUT2D eigenvalue weighted by atomic mass is 32.2. The lowest BCUT2D eigenvalue weighted by molar-refractivity contribution is -0.118. The van der Waals surface area contributed by atoms with Gasteiger partial charge in [-0.05, 0) is 48.8 Å². The first-order valence-corrected chi connectivity index (χ1v) is 9.78. The Kier molecular flexibility index (Phi) is 7.78. The van der Waals surface area contributed by atoms with Crippen LogP contribution in [-0.4, -0.2) is 37.0 Å². The number of carbonyl (C=O) groups is 2. The lowest BCUT2D eigenvalue weighted by atomic mass is 10.1. The van der Waals surface area contributed by atoms with Gasteiger partial charge >= 0.3 is 0 Å². The van der Waals surface area contributed by atoms with Gasteiger partial charge in [-0.1, -0.05) is 24.1 Å². The van der Waals surface area contributed by atoms with Crippen LogP contribution < -0.4 is 15.4 Å². The average molecular weight is 382 g/mol. The number of thioether (sulfide) groups is 1. The molecule has 2 rings (SSSR count). The van der Waals surface area contributed by atoms with Crippen molar-refractivity contribution in [2.24, 2.45) is 0 Å². The number of amides is 2. The van der Waals surface area contributed by atoms with Crippen molar-refractivity contribution in [3.63, 3.8) is 0 Å². The van der Waals surface area contributed by atoms with Crippen molar-refractivity contribution in [1.29, 1.82) is 0 Å². The molecule has 5 nitrogen and oxygen atoms in total. The number of nitrogens with one attached hydrogen (secondary N) is 2. The highest BCUT2D eigenvalue weighted by Gasteiger charge is 2.22. The molecule has 1 unspecified atom stereocenters. The molecule has 0 heterocycles. The maximum atomic E-state index is 12.7. The minimum Gasteiger partial charge on any atom is -0.496 e. The number of anilines is 1. The molecule has 0 spiro atoms. The zero-order valence-corrected chi connectivity index (χ0v) is 16.1. The summed E-state index contributed by atoms with van der Waals surface area (Å²) in [5.41, 5.74) is 1.65. The van der Waals surface area contributed by atoms with Crippen LogP contribution in [0.4, 0.5) is 5.69 Å². The number of methoxy groups -OCH3 is 1. The molecule has 0 radical (unpaired) electrons. The summed E-state index contributed by atoms with van der Waals surface area (Å²) >= 11 is 1.61. The van der Waals surface area contributed by atoms with E-state index >= 15 is 0 Å². The molecular formula is C21H22N2O3S. The monoisotopic (exact) mass is 382 g/mol. The van der Waals surface area contributed by atoms with E-state index in [1.54, 1.807) is 60.3 Å². The molecule has 0 aromatic heterocycles. The van der Waals surface area contributed by atoms with Gasteiger partial charge in [-0.25, -0.2) is 0 Å². The van der Waals surface area contributed by atoms with E-state index in [2.05, 4.69) is 16.6 Å². The number of hydrogen-bond donors (Lipinski definition) is 2. The minimum atomic E-state index is -0.677. The minimum absolute atomic E-state index is 0.290. The van der Waals surface area contributed by atoms with Gasteiger partial charge in [0.05, 0.1) is 12.7 Å². The molecule has 1 atom stereocenters. The Hall–Kier alpha value is -2.91. The van der Waals surface area contributed by atoms with Gasteiger partial charge in [-0.3, -0.25) is 9.59 Å². The molecule has 0 bridgehead atoms. The summed E-state index contributed by atoms with van der Waals surface area (Å²) in [5, 5.41) is 5.63. The van der Waals surface area contributed by atoms with Crippen LogP contribution in [0.2, 0.25) is 0 Å². The van der Waals surface area contributed by atoms with Gasteiger partial charge in [0.25, 0.3) is 5.91 Å². The number of hydrogen-bond acceptors (Lipinski definition) is 4. The lowest BCUT2D eigenvalue weighted by Crippen LogP contribution is -2.44. The number of terminal acetylenes is 1. The number of ether oxygens (including phenoxy) is 1. The average Bonchev–Trinajstić information content (AvgIpc) is 2.70. The van der Waals surface area contributed by atoms with E-state index in [1.807, 2.05) is 6.26 Å². The predicted octanol–water partition coefficient (Wildman–Crippen LogP) is 3.17. The molecule has 27 heavy (non-hydrogen) atoms. The Morgan fingerprint density at radius 2 is 2.00 bits per heavy atom. The molecule has 140 valence electrons. The summed E-state index contributed by atoms with van der Waals surface area (Å²) in [6.45, 7) is 0. The quantitative estimate of drug-likeness (QED) is 0.688. The van der Waals surface area contributed by atoms with Crippen LogP contribution in [0.25, 0.3) is 0 Å². The van der Waals surface area contributed by atoms with Gasteiger partial charge in [0, 0.05) is 11.3 Å². The third kappa shape index (κ3) is 5.80. The largest absolute Gasteiger partial charge is 0.496 e. The summed E-state index contributed by atoms with van der Waals surface area (Å²) in [6.07, 6.45) is 7.85. The first-order valence-electron chi connectivity index (χ1n) is 8.39. The predicted molar refractivity (Wildman–Crippen MR) is 110 cm³/mol. The third-order valence-electron chi connectivity index (χ3n) is 3.88. The smallest absolute Gasteiger partial charge is 0.255 e. The number of para-hydroxylation sites is 1. The highest BCUT2D eigenvalue weighted by Crippen LogP contribution is 2.18. The zero-order valence-electron chi connectivity index (χ0n) is 15.3. The Labute approximate surface area is 163 Å². The number of benzene rings is 2. The molecule has 2 amide bonds. The molecule has 0 saturated carbocycles. The Morgan fingerprint density at radius 1 is 1.22 bits per heavy atom. The second kappa shape index (κ2) is 10.3.